The molecule has 0 aliphatic heterocycles. The predicted octanol–water partition coefficient (Wildman–Crippen LogP) is 4.63. The molecule has 0 fully saturated rings. The molecular formula is C12H23Cl. The molecule has 1 heteroatoms. The molecule has 0 spiro atoms. The summed E-state index contributed by atoms with van der Waals surface area (Å²) in [5.41, 5.74) is 0. The van der Waals surface area contributed by atoms with E-state index in [1.807, 2.05) is 0 Å². The summed E-state index contributed by atoms with van der Waals surface area (Å²) in [6, 6.07) is 0. The van der Waals surface area contributed by atoms with Crippen molar-refractivity contribution in [3.63, 3.8) is 0 Å². The number of unbranched alkanes of at least 4 members (excludes halogenated alkanes) is 1. The van der Waals surface area contributed by atoms with E-state index < -0.39 is 0 Å². The van der Waals surface area contributed by atoms with Crippen LogP contribution in [0.1, 0.15) is 47.0 Å². The van der Waals surface area contributed by atoms with Crippen LogP contribution >= 0.6 is 11.6 Å². The fourth-order valence-electron chi connectivity index (χ4n) is 1.01. The van der Waals surface area contributed by atoms with E-state index in [-0.39, 0.29) is 5.38 Å². The van der Waals surface area contributed by atoms with Crippen LogP contribution in [0.4, 0.5) is 0 Å². The van der Waals surface area contributed by atoms with E-state index in [0.717, 1.165) is 6.42 Å². The first kappa shape index (κ1) is 13.0. The highest BCUT2D eigenvalue weighted by atomic mass is 35.5. The topological polar surface area (TPSA) is 0 Å². The van der Waals surface area contributed by atoms with Crippen LogP contribution in [0.2, 0.25) is 0 Å². The van der Waals surface area contributed by atoms with Crippen LogP contribution in [-0.4, -0.2) is 5.38 Å². The van der Waals surface area contributed by atoms with Crippen LogP contribution in [-0.2, 0) is 0 Å². The molecule has 0 aromatic heterocycles. The average molecular weight is 203 g/mol. The minimum atomic E-state index is 0.237. The first-order valence-corrected chi connectivity index (χ1v) is 5.84. The van der Waals surface area contributed by atoms with Gasteiger partial charge in [0.05, 0.1) is 5.38 Å². The van der Waals surface area contributed by atoms with Gasteiger partial charge >= 0.3 is 0 Å². The van der Waals surface area contributed by atoms with Crippen LogP contribution in [0.25, 0.3) is 0 Å². The van der Waals surface area contributed by atoms with Gasteiger partial charge in [-0.1, -0.05) is 52.7 Å². The maximum absolute atomic E-state index is 6.12. The fraction of sp³-hybridized carbons (Fsp3) is 0.833. The first-order valence-electron chi connectivity index (χ1n) is 5.40. The molecule has 0 radical (unpaired) electrons. The Labute approximate surface area is 88.4 Å². The molecule has 0 saturated carbocycles. The molecule has 13 heavy (non-hydrogen) atoms. The number of rotatable bonds is 6. The van der Waals surface area contributed by atoms with Crippen molar-refractivity contribution in [3.05, 3.63) is 12.2 Å². The third kappa shape index (κ3) is 7.13. The molecule has 0 aromatic rings. The van der Waals surface area contributed by atoms with Crippen LogP contribution in [0.3, 0.4) is 0 Å². The predicted molar refractivity (Wildman–Crippen MR) is 62.3 cm³/mol. The van der Waals surface area contributed by atoms with E-state index in [2.05, 4.69) is 39.8 Å². The summed E-state index contributed by atoms with van der Waals surface area (Å²) in [4.78, 5) is 0. The second-order valence-corrected chi connectivity index (χ2v) is 4.71. The lowest BCUT2D eigenvalue weighted by atomic mass is 9.97. The van der Waals surface area contributed by atoms with Crippen molar-refractivity contribution >= 4 is 11.6 Å². The highest BCUT2D eigenvalue weighted by molar-refractivity contribution is 6.21. The van der Waals surface area contributed by atoms with Crippen molar-refractivity contribution in [2.24, 2.45) is 11.8 Å². The number of halogens is 1. The number of hydrogen-bond donors (Lipinski definition) is 0. The quantitative estimate of drug-likeness (QED) is 0.435. The normalized spacial score (nSPS) is 16.8. The highest BCUT2D eigenvalue weighted by Crippen LogP contribution is 2.14. The molecule has 0 nitrogen and oxygen atoms in total. The zero-order valence-electron chi connectivity index (χ0n) is 9.39. The van der Waals surface area contributed by atoms with Crippen LogP contribution < -0.4 is 0 Å². The van der Waals surface area contributed by atoms with Gasteiger partial charge in [-0.15, -0.1) is 11.6 Å². The van der Waals surface area contributed by atoms with Gasteiger partial charge in [-0.05, 0) is 18.3 Å². The van der Waals surface area contributed by atoms with Gasteiger partial charge in [0.2, 0.25) is 0 Å². The zero-order valence-corrected chi connectivity index (χ0v) is 10.1. The lowest BCUT2D eigenvalue weighted by Gasteiger charge is -2.10. The lowest BCUT2D eigenvalue weighted by Crippen LogP contribution is -2.01. The van der Waals surface area contributed by atoms with Gasteiger partial charge < -0.3 is 0 Å². The van der Waals surface area contributed by atoms with E-state index in [1.54, 1.807) is 0 Å². The molecule has 0 amide bonds. The molecule has 0 bridgehead atoms. The van der Waals surface area contributed by atoms with Gasteiger partial charge in [-0.3, -0.25) is 0 Å². The van der Waals surface area contributed by atoms with Gasteiger partial charge in [0.1, 0.15) is 0 Å². The minimum absolute atomic E-state index is 0.237. The Kier molecular flexibility index (Phi) is 7.45. The summed E-state index contributed by atoms with van der Waals surface area (Å²) in [6.45, 7) is 8.92. The Morgan fingerprint density at radius 3 is 2.23 bits per heavy atom. The third-order valence-corrected chi connectivity index (χ3v) is 2.87. The largest absolute Gasteiger partial charge is 0.118 e. The van der Waals surface area contributed by atoms with E-state index in [0.29, 0.717) is 11.8 Å². The minimum Gasteiger partial charge on any atom is -0.118 e. The van der Waals surface area contributed by atoms with Crippen molar-refractivity contribution in [3.8, 4) is 0 Å². The first-order chi connectivity index (χ1) is 6.07. The molecule has 2 atom stereocenters. The SMILES string of the molecule is CCCCC(Cl)C=CC(C)C(C)C. The Balaban J connectivity index is 3.69. The van der Waals surface area contributed by atoms with Crippen molar-refractivity contribution in [1.29, 1.82) is 0 Å². The van der Waals surface area contributed by atoms with Crippen molar-refractivity contribution in [1.82, 2.24) is 0 Å². The standard InChI is InChI=1S/C12H23Cl/c1-5-6-7-12(13)9-8-11(4)10(2)3/h8-12H,5-7H2,1-4H3. The molecule has 78 valence electrons. The molecule has 0 aliphatic carbocycles. The number of hydrogen-bond acceptors (Lipinski definition) is 0. The summed E-state index contributed by atoms with van der Waals surface area (Å²) in [7, 11) is 0. The molecule has 0 heterocycles. The molecule has 0 saturated heterocycles. The second kappa shape index (κ2) is 7.44. The highest BCUT2D eigenvalue weighted by Gasteiger charge is 2.03. The molecule has 0 rings (SSSR count). The maximum Gasteiger partial charge on any atom is 0.0516 e. The maximum atomic E-state index is 6.12. The van der Waals surface area contributed by atoms with E-state index in [9.17, 15) is 0 Å². The Morgan fingerprint density at radius 1 is 1.15 bits per heavy atom. The van der Waals surface area contributed by atoms with Crippen molar-refractivity contribution < 1.29 is 0 Å². The fourth-order valence-corrected chi connectivity index (χ4v) is 1.25. The Morgan fingerprint density at radius 2 is 1.77 bits per heavy atom. The summed E-state index contributed by atoms with van der Waals surface area (Å²) in [5, 5.41) is 0.237. The van der Waals surface area contributed by atoms with Gasteiger partial charge in [0.25, 0.3) is 0 Å². The zero-order chi connectivity index (χ0) is 10.3. The lowest BCUT2D eigenvalue weighted by molar-refractivity contribution is 0.503. The van der Waals surface area contributed by atoms with Gasteiger partial charge in [0.15, 0.2) is 0 Å². The van der Waals surface area contributed by atoms with Crippen molar-refractivity contribution in [2.75, 3.05) is 0 Å². The molecule has 0 aliphatic rings. The van der Waals surface area contributed by atoms with Gasteiger partial charge in [-0.2, -0.15) is 0 Å². The second-order valence-electron chi connectivity index (χ2n) is 4.15. The summed E-state index contributed by atoms with van der Waals surface area (Å²) in [5.74, 6) is 1.36. The summed E-state index contributed by atoms with van der Waals surface area (Å²) in [6.07, 6.45) is 7.98. The molecule has 0 aromatic carbocycles. The van der Waals surface area contributed by atoms with Gasteiger partial charge in [-0.25, -0.2) is 0 Å². The Bertz CT molecular complexity index is 138. The molecular weight excluding hydrogens is 180 g/mol. The number of alkyl halides is 1. The Hall–Kier alpha value is 0.0300. The average Bonchev–Trinajstić information content (AvgIpc) is 2.10. The molecule has 0 N–H and O–H groups in total. The van der Waals surface area contributed by atoms with E-state index in [4.69, 9.17) is 11.6 Å². The summed E-state index contributed by atoms with van der Waals surface area (Å²) >= 11 is 6.12. The summed E-state index contributed by atoms with van der Waals surface area (Å²) < 4.78 is 0. The monoisotopic (exact) mass is 202 g/mol. The smallest absolute Gasteiger partial charge is 0.0516 e. The van der Waals surface area contributed by atoms with Crippen LogP contribution in [0, 0.1) is 11.8 Å². The number of allylic oxidation sites excluding steroid dienone is 2. The van der Waals surface area contributed by atoms with Crippen LogP contribution in [0.5, 0.6) is 0 Å². The third-order valence-electron chi connectivity index (χ3n) is 2.51. The van der Waals surface area contributed by atoms with Crippen LogP contribution in [0.15, 0.2) is 12.2 Å². The van der Waals surface area contributed by atoms with Crippen molar-refractivity contribution in [2.45, 2.75) is 52.3 Å². The van der Waals surface area contributed by atoms with E-state index in [1.165, 1.54) is 12.8 Å². The molecule has 2 unspecified atom stereocenters. The van der Waals surface area contributed by atoms with E-state index >= 15 is 0 Å². The van der Waals surface area contributed by atoms with Gasteiger partial charge in [0, 0.05) is 0 Å².